The van der Waals surface area contributed by atoms with E-state index in [2.05, 4.69) is 42.2 Å². The summed E-state index contributed by atoms with van der Waals surface area (Å²) in [6, 6.07) is 10.6. The Morgan fingerprint density at radius 2 is 1.80 bits per heavy atom. The second-order valence-electron chi connectivity index (χ2n) is 3.66. The van der Waals surface area contributed by atoms with Gasteiger partial charge in [-0.3, -0.25) is 0 Å². The van der Waals surface area contributed by atoms with E-state index < -0.39 is 0 Å². The molecule has 0 N–H and O–H groups in total. The molecule has 0 aliphatic carbocycles. The number of benzene rings is 1. The van der Waals surface area contributed by atoms with Crippen LogP contribution in [0.3, 0.4) is 0 Å². The first-order chi connectivity index (χ1) is 7.38. The molecule has 0 bridgehead atoms. The summed E-state index contributed by atoms with van der Waals surface area (Å²) in [5, 5.41) is 0. The number of rotatable bonds is 7. The van der Waals surface area contributed by atoms with Crippen LogP contribution < -0.4 is 4.90 Å². The van der Waals surface area contributed by atoms with Gasteiger partial charge in [0.15, 0.2) is 0 Å². The first-order valence-electron chi connectivity index (χ1n) is 5.74. The molecule has 0 aliphatic heterocycles. The van der Waals surface area contributed by atoms with Gasteiger partial charge in [0.25, 0.3) is 0 Å². The van der Waals surface area contributed by atoms with Crippen LogP contribution in [0.2, 0.25) is 0 Å². The van der Waals surface area contributed by atoms with Crippen molar-refractivity contribution in [2.24, 2.45) is 0 Å². The van der Waals surface area contributed by atoms with Crippen LogP contribution in [0.25, 0.3) is 0 Å². The molecule has 0 fully saturated rings. The maximum Gasteiger partial charge on any atom is 0.0366 e. The smallest absolute Gasteiger partial charge is 0.0366 e. The second kappa shape index (κ2) is 7.58. The summed E-state index contributed by atoms with van der Waals surface area (Å²) in [4.78, 5) is 2.41. The van der Waals surface area contributed by atoms with Crippen LogP contribution in [0.1, 0.15) is 26.2 Å². The van der Waals surface area contributed by atoms with Gasteiger partial charge < -0.3 is 4.90 Å². The topological polar surface area (TPSA) is 3.24 Å². The van der Waals surface area contributed by atoms with Gasteiger partial charge in [0, 0.05) is 24.7 Å². The van der Waals surface area contributed by atoms with Gasteiger partial charge in [0.2, 0.25) is 0 Å². The molecule has 0 atom stereocenters. The Hall–Kier alpha value is -0.690. The molecule has 0 aliphatic rings. The minimum atomic E-state index is 0.789. The Morgan fingerprint density at radius 1 is 1.07 bits per heavy atom. The van der Waals surface area contributed by atoms with E-state index in [4.69, 9.17) is 11.6 Å². The molecule has 2 heteroatoms. The van der Waals surface area contributed by atoms with Gasteiger partial charge in [0.05, 0.1) is 0 Å². The van der Waals surface area contributed by atoms with Crippen molar-refractivity contribution in [3.63, 3.8) is 0 Å². The van der Waals surface area contributed by atoms with Crippen molar-refractivity contribution in [3.8, 4) is 0 Å². The first-order valence-corrected chi connectivity index (χ1v) is 6.28. The predicted octanol–water partition coefficient (Wildman–Crippen LogP) is 3.92. The molecule has 0 heterocycles. The summed E-state index contributed by atoms with van der Waals surface area (Å²) < 4.78 is 0. The number of unbranched alkanes of at least 4 members (excludes halogenated alkanes) is 2. The van der Waals surface area contributed by atoms with Crippen molar-refractivity contribution in [2.45, 2.75) is 26.2 Å². The molecular formula is C13H20ClN. The summed E-state index contributed by atoms with van der Waals surface area (Å²) in [6.45, 7) is 4.41. The van der Waals surface area contributed by atoms with E-state index in [1.807, 2.05) is 0 Å². The highest BCUT2D eigenvalue weighted by Crippen LogP contribution is 2.13. The van der Waals surface area contributed by atoms with Crippen molar-refractivity contribution >= 4 is 17.3 Å². The normalized spacial score (nSPS) is 10.3. The zero-order chi connectivity index (χ0) is 10.9. The molecule has 15 heavy (non-hydrogen) atoms. The largest absolute Gasteiger partial charge is 0.372 e. The Bertz CT molecular complexity index is 248. The van der Waals surface area contributed by atoms with Crippen molar-refractivity contribution in [3.05, 3.63) is 30.3 Å². The van der Waals surface area contributed by atoms with Gasteiger partial charge in [-0.25, -0.2) is 0 Å². The maximum atomic E-state index is 5.65. The molecule has 1 nitrogen and oxygen atoms in total. The number of hydrogen-bond donors (Lipinski definition) is 0. The van der Waals surface area contributed by atoms with Crippen LogP contribution >= 0.6 is 11.6 Å². The molecule has 1 rings (SSSR count). The van der Waals surface area contributed by atoms with E-state index >= 15 is 0 Å². The van der Waals surface area contributed by atoms with Crippen LogP contribution in [0.15, 0.2) is 30.3 Å². The average molecular weight is 226 g/mol. The third kappa shape index (κ3) is 4.57. The van der Waals surface area contributed by atoms with Gasteiger partial charge in [-0.1, -0.05) is 24.6 Å². The monoisotopic (exact) mass is 225 g/mol. The van der Waals surface area contributed by atoms with Gasteiger partial charge in [-0.15, -0.1) is 11.6 Å². The van der Waals surface area contributed by atoms with Crippen LogP contribution in [0.4, 0.5) is 5.69 Å². The highest BCUT2D eigenvalue weighted by molar-refractivity contribution is 6.17. The molecule has 0 amide bonds. The Labute approximate surface area is 98.0 Å². The lowest BCUT2D eigenvalue weighted by Gasteiger charge is -2.22. The zero-order valence-corrected chi connectivity index (χ0v) is 10.2. The lowest BCUT2D eigenvalue weighted by atomic mass is 10.2. The zero-order valence-electron chi connectivity index (χ0n) is 9.45. The van der Waals surface area contributed by atoms with Crippen molar-refractivity contribution in [1.29, 1.82) is 0 Å². The van der Waals surface area contributed by atoms with E-state index in [0.717, 1.165) is 25.4 Å². The molecular weight excluding hydrogens is 206 g/mol. The fourth-order valence-corrected chi connectivity index (χ4v) is 1.87. The summed E-state index contributed by atoms with van der Waals surface area (Å²) >= 11 is 5.65. The van der Waals surface area contributed by atoms with Gasteiger partial charge in [-0.05, 0) is 31.9 Å². The number of para-hydroxylation sites is 1. The molecule has 0 saturated carbocycles. The van der Waals surface area contributed by atoms with Gasteiger partial charge >= 0.3 is 0 Å². The van der Waals surface area contributed by atoms with Gasteiger partial charge in [-0.2, -0.15) is 0 Å². The van der Waals surface area contributed by atoms with Crippen molar-refractivity contribution in [2.75, 3.05) is 23.9 Å². The lowest BCUT2D eigenvalue weighted by Crippen LogP contribution is -2.23. The highest BCUT2D eigenvalue weighted by atomic mass is 35.5. The molecule has 0 aromatic heterocycles. The Kier molecular flexibility index (Phi) is 6.26. The molecule has 0 spiro atoms. The molecule has 0 radical (unpaired) electrons. The number of nitrogens with zero attached hydrogens (tertiary/aromatic N) is 1. The standard InChI is InChI=1S/C13H20ClN/c1-2-15(12-8-4-7-11-14)13-9-5-3-6-10-13/h3,5-6,9-10H,2,4,7-8,11-12H2,1H3. The number of hydrogen-bond acceptors (Lipinski definition) is 1. The molecule has 1 aromatic carbocycles. The lowest BCUT2D eigenvalue weighted by molar-refractivity contribution is 0.687. The maximum absolute atomic E-state index is 5.65. The summed E-state index contributed by atoms with van der Waals surface area (Å²) in [6.07, 6.45) is 3.59. The number of halogens is 1. The van der Waals surface area contributed by atoms with Gasteiger partial charge in [0.1, 0.15) is 0 Å². The summed E-state index contributed by atoms with van der Waals surface area (Å²) in [7, 11) is 0. The minimum absolute atomic E-state index is 0.789. The third-order valence-corrected chi connectivity index (χ3v) is 2.83. The van der Waals surface area contributed by atoms with E-state index in [9.17, 15) is 0 Å². The van der Waals surface area contributed by atoms with E-state index in [1.165, 1.54) is 18.5 Å². The fraction of sp³-hybridized carbons (Fsp3) is 0.538. The third-order valence-electron chi connectivity index (χ3n) is 2.56. The average Bonchev–Trinajstić information content (AvgIpc) is 2.30. The van der Waals surface area contributed by atoms with E-state index in [0.29, 0.717) is 0 Å². The van der Waals surface area contributed by atoms with Crippen molar-refractivity contribution in [1.82, 2.24) is 0 Å². The molecule has 0 saturated heterocycles. The second-order valence-corrected chi connectivity index (χ2v) is 4.04. The highest BCUT2D eigenvalue weighted by Gasteiger charge is 2.01. The molecule has 0 unspecified atom stereocenters. The first kappa shape index (κ1) is 12.4. The van der Waals surface area contributed by atoms with E-state index in [-0.39, 0.29) is 0 Å². The number of alkyl halides is 1. The van der Waals surface area contributed by atoms with Crippen LogP contribution in [0, 0.1) is 0 Å². The van der Waals surface area contributed by atoms with Crippen LogP contribution in [-0.4, -0.2) is 19.0 Å². The fourth-order valence-electron chi connectivity index (χ4n) is 1.68. The number of anilines is 1. The minimum Gasteiger partial charge on any atom is -0.372 e. The Balaban J connectivity index is 2.36. The molecule has 1 aromatic rings. The summed E-state index contributed by atoms with van der Waals surface area (Å²) in [5.74, 6) is 0.789. The quantitative estimate of drug-likeness (QED) is 0.502. The summed E-state index contributed by atoms with van der Waals surface area (Å²) in [5.41, 5.74) is 1.32. The van der Waals surface area contributed by atoms with Crippen LogP contribution in [-0.2, 0) is 0 Å². The van der Waals surface area contributed by atoms with E-state index in [1.54, 1.807) is 0 Å². The SMILES string of the molecule is CCN(CCCCCCl)c1ccccc1. The Morgan fingerprint density at radius 3 is 2.40 bits per heavy atom. The molecule has 84 valence electrons. The van der Waals surface area contributed by atoms with Crippen LogP contribution in [0.5, 0.6) is 0 Å². The predicted molar refractivity (Wildman–Crippen MR) is 68.9 cm³/mol. The van der Waals surface area contributed by atoms with Crippen molar-refractivity contribution < 1.29 is 0 Å².